The molecule has 23 heteroatoms. The van der Waals surface area contributed by atoms with E-state index in [4.69, 9.17) is 4.98 Å². The number of hydrogen-bond acceptors (Lipinski definition) is 11. The van der Waals surface area contributed by atoms with Crippen molar-refractivity contribution in [3.8, 4) is 22.5 Å². The molecule has 0 radical (unpaired) electrons. The fourth-order valence-corrected chi connectivity index (χ4v) is 9.34. The molecule has 3 aliphatic heterocycles. The van der Waals surface area contributed by atoms with Crippen LogP contribution in [-0.4, -0.2) is 96.8 Å². The average Bonchev–Trinajstić information content (AvgIpc) is 3.81. The minimum atomic E-state index is -1.68. The van der Waals surface area contributed by atoms with Gasteiger partial charge in [-0.2, -0.15) is 4.98 Å². The summed E-state index contributed by atoms with van der Waals surface area (Å²) in [6, 6.07) is 15.2. The summed E-state index contributed by atoms with van der Waals surface area (Å²) in [5.41, 5.74) is 3.86. The Labute approximate surface area is 443 Å². The highest BCUT2D eigenvalue weighted by atomic mass is 32.2. The summed E-state index contributed by atoms with van der Waals surface area (Å²) < 4.78 is 71.7. The summed E-state index contributed by atoms with van der Waals surface area (Å²) >= 11 is 0. The lowest BCUT2D eigenvalue weighted by Gasteiger charge is -2.31. The molecule has 1 atom stereocenters. The highest BCUT2D eigenvalue weighted by Gasteiger charge is 2.36. The number of aromatic nitrogens is 4. The Morgan fingerprint density at radius 3 is 1.58 bits per heavy atom. The first kappa shape index (κ1) is 54.9. The zero-order valence-electron chi connectivity index (χ0n) is 43.2. The first-order chi connectivity index (χ1) is 36.7. The van der Waals surface area contributed by atoms with Gasteiger partial charge in [0.2, 0.25) is 17.0 Å². The molecule has 1 fully saturated rings. The largest absolute Gasteiger partial charge is 0.354 e. The van der Waals surface area contributed by atoms with Crippen LogP contribution in [0.25, 0.3) is 22.5 Å². The number of anilines is 5. The normalized spacial score (nSPS) is 14.4. The van der Waals surface area contributed by atoms with Crippen LogP contribution in [0.1, 0.15) is 89.9 Å². The van der Waals surface area contributed by atoms with Gasteiger partial charge in [-0.25, -0.2) is 51.9 Å². The first-order valence-electron chi connectivity index (χ1n) is 24.8. The molecule has 6 aromatic rings. The van der Waals surface area contributed by atoms with Crippen LogP contribution in [0.2, 0.25) is 0 Å². The van der Waals surface area contributed by atoms with Gasteiger partial charge in [-0.15, -0.1) is 0 Å². The number of nitrogens with one attached hydrogen (secondary N) is 5. The maximum Gasteiger partial charge on any atom is 0.328 e. The Bertz CT molecular complexity index is 3320. The number of rotatable bonds is 14. The standard InChI is InChI=1S/C30H33F2N7O3.C24H23F2N5O3S/c1-17(2)35-28(41)19-11-10-18(3)20(15-19)25-21-16-34-30(42)39(26-22(31)7-4-8-23(26)32)27(21)37-29(36-25)33-12-6-14-38-13-5-9-24(38)40;1-12(2)28-22(32)14-9-8-13(3)15(10-14)19-16-11-27-24(33)31(20-17(25)6-5-7-18(20)26)21(16)30-23(29-19)35(4)34/h4,7-8,10-11,15,17H,5-6,9,12-14,16H2,1-3H3,(H,34,42)(H,35,41)(H,33,36,37);5-10,12H,11H2,1-4H3,(H,27,33)(H,28,32). The van der Waals surface area contributed by atoms with Crippen molar-refractivity contribution in [2.24, 2.45) is 0 Å². The van der Waals surface area contributed by atoms with Gasteiger partial charge in [0.05, 0.1) is 35.3 Å². The monoisotopic (exact) mass is 1080 g/mol. The number of amides is 7. The molecule has 3 aliphatic rings. The van der Waals surface area contributed by atoms with Crippen LogP contribution in [0.15, 0.2) is 78.0 Å². The van der Waals surface area contributed by atoms with E-state index in [1.54, 1.807) is 36.4 Å². The second-order valence-corrected chi connectivity index (χ2v) is 20.3. The molecule has 0 spiro atoms. The minimum Gasteiger partial charge on any atom is -0.354 e. The van der Waals surface area contributed by atoms with Gasteiger partial charge >= 0.3 is 12.1 Å². The van der Waals surface area contributed by atoms with Crippen LogP contribution in [0.3, 0.4) is 0 Å². The second-order valence-electron chi connectivity index (χ2n) is 19.0. The molecule has 5 heterocycles. The van der Waals surface area contributed by atoms with Crippen molar-refractivity contribution in [3.05, 3.63) is 129 Å². The molecular weight excluding hydrogens is 1020 g/mol. The molecule has 77 heavy (non-hydrogen) atoms. The van der Waals surface area contributed by atoms with E-state index in [9.17, 15) is 45.7 Å². The Kier molecular flexibility index (Phi) is 16.6. The minimum absolute atomic E-state index is 0.00921. The van der Waals surface area contributed by atoms with Crippen molar-refractivity contribution in [1.29, 1.82) is 0 Å². The van der Waals surface area contributed by atoms with Gasteiger partial charge in [-0.05, 0) is 114 Å². The van der Waals surface area contributed by atoms with Gasteiger partial charge in [0.25, 0.3) is 11.8 Å². The van der Waals surface area contributed by atoms with E-state index in [2.05, 4.69) is 41.5 Å². The molecule has 0 bridgehead atoms. The number of carbonyl (C=O) groups excluding carboxylic acids is 5. The van der Waals surface area contributed by atoms with Crippen LogP contribution in [0, 0.1) is 37.1 Å². The number of nitrogens with zero attached hydrogens (tertiary/aromatic N) is 7. The van der Waals surface area contributed by atoms with Crippen molar-refractivity contribution in [2.75, 3.05) is 41.0 Å². The van der Waals surface area contributed by atoms with Crippen molar-refractivity contribution < 1.29 is 45.7 Å². The maximum absolute atomic E-state index is 15.0. The van der Waals surface area contributed by atoms with Gasteiger partial charge in [-0.3, -0.25) is 18.6 Å². The SMILES string of the molecule is Cc1ccc(C(=O)NC(C)C)cc1-c1nc(NCCCN2CCCC2=O)nc2c1CNC(=O)N2c1c(F)cccc1F.Cc1ccc(C(=O)NC(C)C)cc1-c1nc(S(C)=O)nc2c1CNC(=O)N2c1c(F)cccc1F. The summed E-state index contributed by atoms with van der Waals surface area (Å²) in [4.78, 5) is 84.8. The van der Waals surface area contributed by atoms with Gasteiger partial charge < -0.3 is 31.5 Å². The maximum atomic E-state index is 15.0. The van der Waals surface area contributed by atoms with Gasteiger partial charge in [0.15, 0.2) is 11.6 Å². The van der Waals surface area contributed by atoms with E-state index in [1.165, 1.54) is 18.4 Å². The highest BCUT2D eigenvalue weighted by molar-refractivity contribution is 7.84. The fraction of sp³-hybridized carbons (Fsp3) is 0.315. The third kappa shape index (κ3) is 11.9. The number of carbonyl (C=O) groups is 5. The molecule has 5 N–H and O–H groups in total. The third-order valence-electron chi connectivity index (χ3n) is 12.6. The molecule has 1 unspecified atom stereocenters. The van der Waals surface area contributed by atoms with Gasteiger partial charge in [0, 0.05) is 77.8 Å². The van der Waals surface area contributed by atoms with Crippen molar-refractivity contribution >= 4 is 69.5 Å². The molecule has 1 saturated heterocycles. The zero-order chi connectivity index (χ0) is 55.4. The van der Waals surface area contributed by atoms with E-state index < -0.39 is 57.5 Å². The third-order valence-corrected chi connectivity index (χ3v) is 13.3. The number of halogens is 4. The quantitative estimate of drug-likeness (QED) is 0.0395. The molecule has 2 aromatic heterocycles. The number of aryl methyl sites for hydroxylation is 2. The van der Waals surface area contributed by atoms with E-state index in [-0.39, 0.29) is 65.6 Å². The van der Waals surface area contributed by atoms with Gasteiger partial charge in [-0.1, -0.05) is 24.3 Å². The van der Waals surface area contributed by atoms with Gasteiger partial charge in [0.1, 0.15) is 34.6 Å². The lowest BCUT2D eigenvalue weighted by molar-refractivity contribution is -0.127. The Morgan fingerprint density at radius 2 is 1.14 bits per heavy atom. The summed E-state index contributed by atoms with van der Waals surface area (Å²) in [6.45, 7) is 12.8. The molecule has 4 aromatic carbocycles. The second kappa shape index (κ2) is 23.3. The lowest BCUT2D eigenvalue weighted by Crippen LogP contribution is -2.43. The fourth-order valence-electron chi connectivity index (χ4n) is 8.91. The molecular formula is C54H56F4N12O6S. The van der Waals surface area contributed by atoms with Crippen molar-refractivity contribution in [1.82, 2.24) is 46.1 Å². The summed E-state index contributed by atoms with van der Waals surface area (Å²) in [5.74, 6) is -4.09. The van der Waals surface area contributed by atoms with Crippen LogP contribution in [0.5, 0.6) is 0 Å². The summed E-state index contributed by atoms with van der Waals surface area (Å²) in [6.07, 6.45) is 3.39. The van der Waals surface area contributed by atoms with E-state index >= 15 is 0 Å². The van der Waals surface area contributed by atoms with Crippen LogP contribution >= 0.6 is 0 Å². The Balaban J connectivity index is 0.000000207. The molecule has 18 nitrogen and oxygen atoms in total. The smallest absolute Gasteiger partial charge is 0.328 e. The summed E-state index contributed by atoms with van der Waals surface area (Å²) in [5, 5.41) is 14.0. The zero-order valence-corrected chi connectivity index (χ0v) is 44.1. The average molecular weight is 1080 g/mol. The van der Waals surface area contributed by atoms with E-state index in [0.717, 1.165) is 58.2 Å². The molecule has 0 saturated carbocycles. The van der Waals surface area contributed by atoms with Crippen LogP contribution < -0.4 is 36.4 Å². The molecule has 9 rings (SSSR count). The number of hydrogen-bond donors (Lipinski definition) is 5. The van der Waals surface area contributed by atoms with Crippen molar-refractivity contribution in [3.63, 3.8) is 0 Å². The number of urea groups is 2. The number of para-hydroxylation sites is 2. The topological polar surface area (TPSA) is 224 Å². The van der Waals surface area contributed by atoms with Crippen LogP contribution in [-0.2, 0) is 28.7 Å². The number of benzene rings is 4. The predicted molar refractivity (Wildman–Crippen MR) is 282 cm³/mol. The predicted octanol–water partition coefficient (Wildman–Crippen LogP) is 8.62. The Hall–Kier alpha value is -8.34. The number of likely N-dealkylation sites (tertiary alicyclic amines) is 1. The Morgan fingerprint density at radius 1 is 0.675 bits per heavy atom. The molecule has 7 amide bonds. The first-order valence-corrected chi connectivity index (χ1v) is 26.3. The van der Waals surface area contributed by atoms with Crippen molar-refractivity contribution in [2.45, 2.75) is 91.1 Å². The number of fused-ring (bicyclic) bond motifs is 2. The van der Waals surface area contributed by atoms with E-state index in [0.29, 0.717) is 70.7 Å². The molecule has 402 valence electrons. The van der Waals surface area contributed by atoms with E-state index in [1.807, 2.05) is 46.4 Å². The summed E-state index contributed by atoms with van der Waals surface area (Å²) in [7, 11) is -1.68. The highest BCUT2D eigenvalue weighted by Crippen LogP contribution is 2.41. The lowest BCUT2D eigenvalue weighted by atomic mass is 9.97. The molecule has 0 aliphatic carbocycles. The van der Waals surface area contributed by atoms with Crippen LogP contribution in [0.4, 0.5) is 56.1 Å².